The minimum absolute atomic E-state index is 0.0980. The Kier molecular flexibility index (Phi) is 7.34. The van der Waals surface area contributed by atoms with Crippen molar-refractivity contribution < 1.29 is 14.6 Å². The number of rotatable bonds is 8. The molecule has 1 amide bonds. The number of aliphatic imine (C=N–C) groups is 1. The zero-order valence-electron chi connectivity index (χ0n) is 22.6. The lowest BCUT2D eigenvalue weighted by Gasteiger charge is -2.14. The number of amides is 1. The average molecular weight is 566 g/mol. The molecule has 6 rings (SSSR count). The number of benzene rings is 3. The van der Waals surface area contributed by atoms with E-state index in [-0.39, 0.29) is 12.3 Å². The largest absolute Gasteiger partial charge is 0.497 e. The van der Waals surface area contributed by atoms with E-state index >= 15 is 0 Å². The molecular weight excluding hydrogens is 539 g/mol. The third-order valence-corrected chi connectivity index (χ3v) is 7.53. The molecule has 3 N–H and O–H groups in total. The van der Waals surface area contributed by atoms with Gasteiger partial charge in [-0.1, -0.05) is 35.9 Å². The summed E-state index contributed by atoms with van der Waals surface area (Å²) in [6, 6.07) is 18.7. The second kappa shape index (κ2) is 11.2. The Morgan fingerprint density at radius 1 is 1.15 bits per heavy atom. The van der Waals surface area contributed by atoms with Crippen molar-refractivity contribution in [3.05, 3.63) is 100 Å². The number of aryl methyl sites for hydroxylation is 1. The SMILES string of the molecule is COc1ccc2c(c1)C(c1ccc(Cl)cc1)=NC(CC(=O)NCCc1ccc3[nH]cc([B]O)c3c1)c1nnc(C)n1-2. The predicted molar refractivity (Wildman–Crippen MR) is 160 cm³/mol. The van der Waals surface area contributed by atoms with Gasteiger partial charge in [-0.05, 0) is 72.4 Å². The first-order valence-corrected chi connectivity index (χ1v) is 13.6. The number of hydrogen-bond donors (Lipinski definition) is 3. The molecule has 1 radical (unpaired) electrons. The van der Waals surface area contributed by atoms with E-state index < -0.39 is 6.04 Å². The van der Waals surface area contributed by atoms with E-state index in [9.17, 15) is 9.82 Å². The molecule has 2 aromatic heterocycles. The maximum absolute atomic E-state index is 13.2. The summed E-state index contributed by atoms with van der Waals surface area (Å²) in [7, 11) is 2.71. The van der Waals surface area contributed by atoms with Gasteiger partial charge in [0.05, 0.1) is 24.9 Å². The zero-order chi connectivity index (χ0) is 28.5. The van der Waals surface area contributed by atoms with Crippen molar-refractivity contribution in [2.45, 2.75) is 25.8 Å². The van der Waals surface area contributed by atoms with Crippen LogP contribution in [0, 0.1) is 6.92 Å². The molecule has 3 heterocycles. The Bertz CT molecular complexity index is 1780. The number of methoxy groups -OCH3 is 1. The van der Waals surface area contributed by atoms with E-state index in [2.05, 4.69) is 20.5 Å². The Labute approximate surface area is 242 Å². The summed E-state index contributed by atoms with van der Waals surface area (Å²) < 4.78 is 7.49. The molecule has 0 spiro atoms. The minimum Gasteiger partial charge on any atom is -0.497 e. The summed E-state index contributed by atoms with van der Waals surface area (Å²) >= 11 is 6.19. The van der Waals surface area contributed by atoms with Gasteiger partial charge in [-0.3, -0.25) is 14.4 Å². The van der Waals surface area contributed by atoms with Crippen LogP contribution < -0.4 is 15.5 Å². The predicted octanol–water partition coefficient (Wildman–Crippen LogP) is 3.60. The van der Waals surface area contributed by atoms with Crippen LogP contribution in [0.15, 0.2) is 71.9 Å². The molecule has 0 bridgehead atoms. The number of H-pyrrole nitrogens is 1. The molecule has 3 aromatic carbocycles. The van der Waals surface area contributed by atoms with E-state index in [0.29, 0.717) is 35.4 Å². The maximum Gasteiger partial charge on any atom is 0.328 e. The number of carbonyl (C=O) groups is 1. The molecule has 205 valence electrons. The van der Waals surface area contributed by atoms with Gasteiger partial charge in [-0.25, -0.2) is 0 Å². The van der Waals surface area contributed by atoms with Crippen LogP contribution >= 0.6 is 11.6 Å². The summed E-state index contributed by atoms with van der Waals surface area (Å²) in [6.07, 6.45) is 2.50. The van der Waals surface area contributed by atoms with Gasteiger partial charge in [-0.2, -0.15) is 0 Å². The highest BCUT2D eigenvalue weighted by Crippen LogP contribution is 2.34. The summed E-state index contributed by atoms with van der Waals surface area (Å²) in [5.74, 6) is 1.84. The standard InChI is InChI=1S/C30H27BClN6O3/c1-17-36-37-30-26(15-28(39)33-12-11-18-3-9-25-22(13-18)24(31-40)16-34-25)35-29(19-4-6-20(32)7-5-19)23-14-21(41-2)8-10-27(23)38(17)30/h3-10,13-14,16,26,34,40H,11-12,15H2,1-2H3,(H,33,39). The maximum atomic E-state index is 13.2. The third kappa shape index (κ3) is 5.24. The number of carbonyl (C=O) groups excluding carboxylic acids is 1. The van der Waals surface area contributed by atoms with Crippen LogP contribution in [0.3, 0.4) is 0 Å². The van der Waals surface area contributed by atoms with E-state index in [0.717, 1.165) is 51.9 Å². The molecule has 0 saturated carbocycles. The number of nitrogens with zero attached hydrogens (tertiary/aromatic N) is 4. The van der Waals surface area contributed by atoms with E-state index in [1.54, 1.807) is 13.3 Å². The summed E-state index contributed by atoms with van der Waals surface area (Å²) in [6.45, 7) is 2.34. The van der Waals surface area contributed by atoms with Crippen LogP contribution in [-0.2, 0) is 11.2 Å². The lowest BCUT2D eigenvalue weighted by Crippen LogP contribution is -2.27. The molecule has 1 aliphatic heterocycles. The van der Waals surface area contributed by atoms with Gasteiger partial charge < -0.3 is 20.1 Å². The van der Waals surface area contributed by atoms with E-state index in [1.807, 2.05) is 72.2 Å². The van der Waals surface area contributed by atoms with Crippen LogP contribution in [0.5, 0.6) is 5.75 Å². The van der Waals surface area contributed by atoms with Crippen LogP contribution in [0.25, 0.3) is 16.6 Å². The fourth-order valence-electron chi connectivity index (χ4n) is 5.22. The van der Waals surface area contributed by atoms with Gasteiger partial charge in [0.2, 0.25) is 5.91 Å². The Morgan fingerprint density at radius 3 is 2.76 bits per heavy atom. The summed E-state index contributed by atoms with van der Waals surface area (Å²) in [4.78, 5) is 21.5. The molecule has 9 nitrogen and oxygen atoms in total. The molecule has 1 atom stereocenters. The molecule has 1 aliphatic rings. The Hall–Kier alpha value is -4.41. The molecule has 41 heavy (non-hydrogen) atoms. The number of aromatic nitrogens is 4. The second-order valence-electron chi connectivity index (χ2n) is 9.88. The lowest BCUT2D eigenvalue weighted by atomic mass is 9.88. The zero-order valence-corrected chi connectivity index (χ0v) is 23.3. The molecule has 1 unspecified atom stereocenters. The second-order valence-corrected chi connectivity index (χ2v) is 10.3. The number of halogens is 1. The monoisotopic (exact) mass is 565 g/mol. The summed E-state index contributed by atoms with van der Waals surface area (Å²) in [5, 5.41) is 22.8. The third-order valence-electron chi connectivity index (χ3n) is 7.28. The van der Waals surface area contributed by atoms with Crippen LogP contribution in [0.4, 0.5) is 0 Å². The lowest BCUT2D eigenvalue weighted by molar-refractivity contribution is -0.121. The first kappa shape index (κ1) is 26.8. The number of fused-ring (bicyclic) bond motifs is 4. The number of aromatic amines is 1. The smallest absolute Gasteiger partial charge is 0.328 e. The topological polar surface area (TPSA) is 117 Å². The highest BCUT2D eigenvalue weighted by molar-refractivity contribution is 6.50. The van der Waals surface area contributed by atoms with E-state index in [1.165, 1.54) is 0 Å². The molecule has 5 aromatic rings. The first-order chi connectivity index (χ1) is 19.9. The molecule has 0 saturated heterocycles. The van der Waals surface area contributed by atoms with Crippen LogP contribution in [0.1, 0.15) is 40.8 Å². The fourth-order valence-corrected chi connectivity index (χ4v) is 5.35. The highest BCUT2D eigenvalue weighted by atomic mass is 35.5. The molecule has 11 heteroatoms. The normalized spacial score (nSPS) is 14.1. The average Bonchev–Trinajstić information content (AvgIpc) is 3.54. The molecule has 0 aliphatic carbocycles. The quantitative estimate of drug-likeness (QED) is 0.249. The molecular formula is C30H27BClN6O3. The van der Waals surface area contributed by atoms with Gasteiger partial charge in [0.25, 0.3) is 0 Å². The van der Waals surface area contributed by atoms with Crippen molar-refractivity contribution >= 4 is 47.1 Å². The van der Waals surface area contributed by atoms with Crippen molar-refractivity contribution in [1.82, 2.24) is 25.1 Å². The van der Waals surface area contributed by atoms with Crippen molar-refractivity contribution in [3.63, 3.8) is 0 Å². The van der Waals surface area contributed by atoms with Crippen LogP contribution in [0.2, 0.25) is 5.02 Å². The van der Waals surface area contributed by atoms with Crippen molar-refractivity contribution in [3.8, 4) is 11.4 Å². The van der Waals surface area contributed by atoms with Crippen LogP contribution in [-0.4, -0.2) is 57.5 Å². The van der Waals surface area contributed by atoms with Gasteiger partial charge in [0, 0.05) is 28.2 Å². The number of ether oxygens (including phenoxy) is 1. The minimum atomic E-state index is -0.570. The highest BCUT2D eigenvalue weighted by Gasteiger charge is 2.30. The Balaban J connectivity index is 1.28. The van der Waals surface area contributed by atoms with E-state index in [4.69, 9.17) is 21.3 Å². The first-order valence-electron chi connectivity index (χ1n) is 13.2. The summed E-state index contributed by atoms with van der Waals surface area (Å²) in [5.41, 5.74) is 6.01. The fraction of sp³-hybridized carbons (Fsp3) is 0.200. The van der Waals surface area contributed by atoms with Gasteiger partial charge >= 0.3 is 7.48 Å². The molecule has 0 fully saturated rings. The van der Waals surface area contributed by atoms with Crippen molar-refractivity contribution in [2.24, 2.45) is 4.99 Å². The number of nitrogens with one attached hydrogen (secondary N) is 2. The van der Waals surface area contributed by atoms with Crippen molar-refractivity contribution in [1.29, 1.82) is 0 Å². The van der Waals surface area contributed by atoms with Gasteiger partial charge in [-0.15, -0.1) is 10.2 Å². The van der Waals surface area contributed by atoms with Crippen molar-refractivity contribution in [2.75, 3.05) is 13.7 Å². The van der Waals surface area contributed by atoms with Gasteiger partial charge in [0.1, 0.15) is 17.6 Å². The number of hydrogen-bond acceptors (Lipinski definition) is 6. The Morgan fingerprint density at radius 2 is 1.98 bits per heavy atom. The van der Waals surface area contributed by atoms with Gasteiger partial charge in [0.15, 0.2) is 5.82 Å².